The van der Waals surface area contributed by atoms with Gasteiger partial charge in [-0.3, -0.25) is 13.9 Å². The highest BCUT2D eigenvalue weighted by Crippen LogP contribution is 2.28. The summed E-state index contributed by atoms with van der Waals surface area (Å²) in [5, 5.41) is 0.444. The third-order valence-corrected chi connectivity index (χ3v) is 6.30. The first-order valence-electron chi connectivity index (χ1n) is 10.6. The van der Waals surface area contributed by atoms with Gasteiger partial charge in [-0.15, -0.1) is 13.2 Å². The molecule has 0 aromatic carbocycles. The van der Waals surface area contributed by atoms with Gasteiger partial charge < -0.3 is 13.7 Å². The fourth-order valence-electron chi connectivity index (χ4n) is 3.56. The lowest BCUT2D eigenvalue weighted by atomic mass is 10.2. The molecule has 4 rings (SSSR count). The van der Waals surface area contributed by atoms with Crippen molar-refractivity contribution in [2.24, 2.45) is 14.1 Å². The van der Waals surface area contributed by atoms with Gasteiger partial charge in [-0.2, -0.15) is 0 Å². The molecule has 0 amide bonds. The summed E-state index contributed by atoms with van der Waals surface area (Å²) in [6.45, 7) is 2.12. The van der Waals surface area contributed by atoms with Gasteiger partial charge in [-0.05, 0) is 30.6 Å². The van der Waals surface area contributed by atoms with E-state index in [0.717, 1.165) is 16.7 Å². The Labute approximate surface area is 201 Å². The molecule has 0 atom stereocenters. The van der Waals surface area contributed by atoms with Crippen molar-refractivity contribution in [2.75, 3.05) is 0 Å². The number of imidazole rings is 1. The predicted octanol–water partition coefficient (Wildman–Crippen LogP) is 3.58. The number of thioether (sulfide) groups is 1. The maximum Gasteiger partial charge on any atom is 0.573 e. The number of aromatic nitrogens is 5. The van der Waals surface area contributed by atoms with Gasteiger partial charge in [0.05, 0.1) is 11.4 Å². The van der Waals surface area contributed by atoms with Crippen LogP contribution in [0.2, 0.25) is 0 Å². The van der Waals surface area contributed by atoms with Gasteiger partial charge in [0.15, 0.2) is 16.3 Å². The van der Waals surface area contributed by atoms with Crippen LogP contribution >= 0.6 is 11.8 Å². The van der Waals surface area contributed by atoms with Crippen molar-refractivity contribution in [3.8, 4) is 0 Å². The van der Waals surface area contributed by atoms with E-state index in [-0.39, 0.29) is 23.5 Å². The van der Waals surface area contributed by atoms with E-state index >= 15 is 0 Å². The molecule has 9 nitrogen and oxygen atoms in total. The van der Waals surface area contributed by atoms with Gasteiger partial charge in [-0.1, -0.05) is 30.8 Å². The number of oxazole rings is 1. The Bertz CT molecular complexity index is 1470. The van der Waals surface area contributed by atoms with Crippen LogP contribution in [0.4, 0.5) is 13.2 Å². The minimum absolute atomic E-state index is 0.165. The summed E-state index contributed by atoms with van der Waals surface area (Å²) in [7, 11) is 2.90. The largest absolute Gasteiger partial charge is 0.573 e. The first kappa shape index (κ1) is 24.6. The molecule has 0 saturated carbocycles. The van der Waals surface area contributed by atoms with Gasteiger partial charge in [0.25, 0.3) is 5.56 Å². The Morgan fingerprint density at radius 1 is 1.17 bits per heavy atom. The summed E-state index contributed by atoms with van der Waals surface area (Å²) in [5.41, 5.74) is 0.908. The predicted molar refractivity (Wildman–Crippen MR) is 123 cm³/mol. The molecular formula is C22H22F3N5O4S. The number of aryl methyl sites for hydroxylation is 2. The molecule has 0 aliphatic heterocycles. The van der Waals surface area contributed by atoms with Crippen molar-refractivity contribution in [3.05, 3.63) is 74.3 Å². The van der Waals surface area contributed by atoms with Crippen LogP contribution in [-0.4, -0.2) is 30.0 Å². The Hall–Kier alpha value is -3.48. The zero-order valence-corrected chi connectivity index (χ0v) is 19.9. The van der Waals surface area contributed by atoms with E-state index in [0.29, 0.717) is 28.8 Å². The van der Waals surface area contributed by atoms with Crippen molar-refractivity contribution >= 4 is 22.9 Å². The lowest BCUT2D eigenvalue weighted by molar-refractivity contribution is -0.303. The maximum absolute atomic E-state index is 13.0. The molecule has 0 saturated heterocycles. The summed E-state index contributed by atoms with van der Waals surface area (Å²) in [6.07, 6.45) is 3.38. The van der Waals surface area contributed by atoms with Gasteiger partial charge in [-0.25, -0.2) is 14.8 Å². The molecule has 1 aliphatic carbocycles. The molecule has 3 aromatic heterocycles. The van der Waals surface area contributed by atoms with Gasteiger partial charge in [0.1, 0.15) is 12.0 Å². The molecule has 1 aliphatic rings. The van der Waals surface area contributed by atoms with Crippen molar-refractivity contribution in [1.82, 2.24) is 23.7 Å². The normalized spacial score (nSPS) is 14.2. The van der Waals surface area contributed by atoms with Crippen LogP contribution in [0.5, 0.6) is 0 Å². The number of rotatable bonds is 7. The van der Waals surface area contributed by atoms with E-state index in [9.17, 15) is 22.8 Å². The highest BCUT2D eigenvalue weighted by Gasteiger charge is 2.31. The smallest absolute Gasteiger partial charge is 0.448 e. The van der Waals surface area contributed by atoms with E-state index in [4.69, 9.17) is 4.42 Å². The maximum atomic E-state index is 13.0. The van der Waals surface area contributed by atoms with Gasteiger partial charge >= 0.3 is 12.1 Å². The number of ether oxygens (including phenoxy) is 1. The Balaban J connectivity index is 1.74. The molecular weight excluding hydrogens is 487 g/mol. The van der Waals surface area contributed by atoms with Crippen molar-refractivity contribution in [3.63, 3.8) is 0 Å². The van der Waals surface area contributed by atoms with Crippen LogP contribution in [0.15, 0.2) is 61.1 Å². The number of halogens is 3. The third kappa shape index (κ3) is 5.29. The molecule has 0 bridgehead atoms. The lowest BCUT2D eigenvalue weighted by Gasteiger charge is -2.11. The first-order valence-corrected chi connectivity index (χ1v) is 11.6. The molecule has 13 heteroatoms. The lowest BCUT2D eigenvalue weighted by Crippen LogP contribution is -2.37. The second kappa shape index (κ2) is 9.64. The van der Waals surface area contributed by atoms with Crippen molar-refractivity contribution in [1.29, 1.82) is 0 Å². The number of hydrogen-bond donors (Lipinski definition) is 0. The van der Waals surface area contributed by atoms with Crippen molar-refractivity contribution in [2.45, 2.75) is 43.6 Å². The molecule has 0 spiro atoms. The highest BCUT2D eigenvalue weighted by molar-refractivity contribution is 7.98. The Kier molecular flexibility index (Phi) is 6.79. The molecule has 0 fully saturated rings. The van der Waals surface area contributed by atoms with Crippen LogP contribution in [0.25, 0.3) is 11.2 Å². The molecule has 186 valence electrons. The number of alkyl halides is 3. The van der Waals surface area contributed by atoms with Gasteiger partial charge in [0, 0.05) is 20.6 Å². The van der Waals surface area contributed by atoms with E-state index in [1.165, 1.54) is 48.7 Å². The average Bonchev–Trinajstić information content (AvgIpc) is 3.34. The molecule has 3 aromatic rings. The number of nitrogens with zero attached hydrogens (tertiary/aromatic N) is 5. The van der Waals surface area contributed by atoms with E-state index < -0.39 is 17.6 Å². The summed E-state index contributed by atoms with van der Waals surface area (Å²) < 4.78 is 51.2. The van der Waals surface area contributed by atoms with Crippen LogP contribution in [-0.2, 0) is 37.6 Å². The summed E-state index contributed by atoms with van der Waals surface area (Å²) in [4.78, 5) is 34.4. The monoisotopic (exact) mass is 509 g/mol. The highest BCUT2D eigenvalue weighted by atomic mass is 32.2. The topological polar surface area (TPSA) is 97.1 Å². The quantitative estimate of drug-likeness (QED) is 0.449. The van der Waals surface area contributed by atoms with E-state index in [2.05, 4.69) is 14.7 Å². The zero-order valence-electron chi connectivity index (χ0n) is 19.1. The third-order valence-electron chi connectivity index (χ3n) is 5.34. The minimum atomic E-state index is -4.80. The van der Waals surface area contributed by atoms with Crippen LogP contribution < -0.4 is 11.2 Å². The number of fused-ring (bicyclic) bond motifs is 1. The summed E-state index contributed by atoms with van der Waals surface area (Å²) in [5.74, 6) is 0.479. The Morgan fingerprint density at radius 2 is 1.94 bits per heavy atom. The molecule has 0 unspecified atom stereocenters. The van der Waals surface area contributed by atoms with E-state index in [1.54, 1.807) is 16.9 Å². The fraction of sp³-hybridized carbons (Fsp3) is 0.364. The fourth-order valence-corrected chi connectivity index (χ4v) is 4.41. The second-order valence-electron chi connectivity index (χ2n) is 7.78. The van der Waals surface area contributed by atoms with E-state index in [1.807, 2.05) is 6.92 Å². The molecule has 35 heavy (non-hydrogen) atoms. The van der Waals surface area contributed by atoms with Gasteiger partial charge in [0.2, 0.25) is 5.89 Å². The summed E-state index contributed by atoms with van der Waals surface area (Å²) >= 11 is 1.28. The zero-order chi connectivity index (χ0) is 25.3. The second-order valence-corrected chi connectivity index (χ2v) is 8.72. The SMILES string of the molecule is CCc1coc(CSc2nc3c(c(=O)n(C)c(=O)n3C)n2CC2=CC=C(OC(F)(F)F)C=CC2)n1. The summed E-state index contributed by atoms with van der Waals surface area (Å²) in [6, 6.07) is 0. The van der Waals surface area contributed by atoms with Crippen LogP contribution in [0.3, 0.4) is 0 Å². The standard InChI is InChI=1S/C22H22F3N5O4S/c1-4-14-11-33-16(26-14)12-35-20-27-18-17(19(31)29(3)21(32)28(18)2)30(20)10-13-6-5-7-15(9-8-13)34-22(23,24)25/h5,7-9,11H,4,6,10,12H2,1-3H3. The molecule has 3 heterocycles. The van der Waals surface area contributed by atoms with Crippen molar-refractivity contribution < 1.29 is 22.3 Å². The first-order chi connectivity index (χ1) is 16.6. The average molecular weight is 510 g/mol. The molecule has 0 radical (unpaired) electrons. The Morgan fingerprint density at radius 3 is 2.63 bits per heavy atom. The minimum Gasteiger partial charge on any atom is -0.448 e. The molecule has 0 N–H and O–H groups in total. The number of allylic oxidation sites excluding steroid dienone is 5. The van der Waals surface area contributed by atoms with Crippen LogP contribution in [0.1, 0.15) is 24.9 Å². The van der Waals surface area contributed by atoms with Crippen LogP contribution in [0, 0.1) is 0 Å². The number of hydrogen-bond acceptors (Lipinski definition) is 7.